The average Bonchev–Trinajstić information content (AvgIpc) is 2.51. The molecule has 2 N–H and O–H groups in total. The number of pyridine rings is 1. The van der Waals surface area contributed by atoms with Crippen LogP contribution in [0.3, 0.4) is 0 Å². The number of nitrogens with one attached hydrogen (secondary N) is 1. The molecule has 12 heavy (non-hydrogen) atoms. The monoisotopic (exact) mass is 166 g/mol. The highest BCUT2D eigenvalue weighted by Crippen LogP contribution is 2.23. The van der Waals surface area contributed by atoms with Gasteiger partial charge in [-0.1, -0.05) is 0 Å². The van der Waals surface area contributed by atoms with Crippen molar-refractivity contribution in [1.82, 2.24) is 10.5 Å². The number of hydrogen-bond donors (Lipinski definition) is 2. The summed E-state index contributed by atoms with van der Waals surface area (Å²) in [4.78, 5) is 4.09. The third-order valence-electron chi connectivity index (χ3n) is 1.89. The van der Waals surface area contributed by atoms with Gasteiger partial charge in [-0.05, 0) is 6.07 Å². The van der Waals surface area contributed by atoms with E-state index < -0.39 is 0 Å². The molecular weight excluding hydrogens is 156 g/mol. The maximum atomic E-state index is 8.45. The molecular formula is C8H10N2O2. The topological polar surface area (TPSA) is 54.4 Å². The van der Waals surface area contributed by atoms with Crippen molar-refractivity contribution in [2.24, 2.45) is 0 Å². The van der Waals surface area contributed by atoms with Gasteiger partial charge in [0, 0.05) is 12.0 Å². The van der Waals surface area contributed by atoms with Gasteiger partial charge in [0.25, 0.3) is 0 Å². The number of hydroxylamine groups is 1. The normalized spacial score (nSPS) is 14.1. The summed E-state index contributed by atoms with van der Waals surface area (Å²) in [6.07, 6.45) is 2.64. The van der Waals surface area contributed by atoms with Crippen LogP contribution in [0.5, 0.6) is 5.75 Å². The second-order valence-electron chi connectivity index (χ2n) is 2.72. The molecule has 1 aromatic heterocycles. The van der Waals surface area contributed by atoms with E-state index in [9.17, 15) is 0 Å². The molecule has 2 heterocycles. The van der Waals surface area contributed by atoms with Gasteiger partial charge in [0.2, 0.25) is 0 Å². The zero-order valence-electron chi connectivity index (χ0n) is 6.58. The average molecular weight is 166 g/mol. The van der Waals surface area contributed by atoms with Crippen molar-refractivity contribution in [2.45, 2.75) is 13.0 Å². The molecule has 0 spiro atoms. The molecule has 4 heteroatoms. The Bertz CT molecular complexity index is 288. The number of aromatic nitrogens is 1. The Morgan fingerprint density at radius 1 is 1.67 bits per heavy atom. The zero-order chi connectivity index (χ0) is 8.39. The largest absolute Gasteiger partial charge is 0.491 e. The first-order valence-electron chi connectivity index (χ1n) is 3.87. The molecule has 0 saturated carbocycles. The lowest BCUT2D eigenvalue weighted by Gasteiger charge is -2.00. The van der Waals surface area contributed by atoms with E-state index >= 15 is 0 Å². The van der Waals surface area contributed by atoms with E-state index in [2.05, 4.69) is 10.5 Å². The highest BCUT2D eigenvalue weighted by atomic mass is 16.5. The molecule has 1 aliphatic heterocycles. The van der Waals surface area contributed by atoms with E-state index in [1.165, 1.54) is 5.56 Å². The molecule has 0 amide bonds. The van der Waals surface area contributed by atoms with Crippen molar-refractivity contribution in [3.05, 3.63) is 23.5 Å². The molecule has 0 atom stereocenters. The van der Waals surface area contributed by atoms with Gasteiger partial charge in [0.05, 0.1) is 25.0 Å². The van der Waals surface area contributed by atoms with Crippen molar-refractivity contribution in [1.29, 1.82) is 0 Å². The quantitative estimate of drug-likeness (QED) is 0.628. The summed E-state index contributed by atoms with van der Waals surface area (Å²) in [5.41, 5.74) is 4.08. The van der Waals surface area contributed by atoms with Crippen molar-refractivity contribution in [3.63, 3.8) is 0 Å². The first-order chi connectivity index (χ1) is 5.90. The number of ether oxygens (including phenoxy) is 1. The van der Waals surface area contributed by atoms with E-state index in [-0.39, 0.29) is 0 Å². The Labute approximate surface area is 70.2 Å². The Hall–Kier alpha value is -1.13. The minimum atomic E-state index is 0.382. The van der Waals surface area contributed by atoms with Crippen LogP contribution in [0.2, 0.25) is 0 Å². The van der Waals surface area contributed by atoms with Gasteiger partial charge in [-0.2, -0.15) is 5.48 Å². The summed E-state index contributed by atoms with van der Waals surface area (Å²) >= 11 is 0. The van der Waals surface area contributed by atoms with Gasteiger partial charge in [-0.15, -0.1) is 0 Å². The van der Waals surface area contributed by atoms with Gasteiger partial charge in [0.1, 0.15) is 5.75 Å². The van der Waals surface area contributed by atoms with Gasteiger partial charge in [0.15, 0.2) is 0 Å². The van der Waals surface area contributed by atoms with Crippen molar-refractivity contribution in [2.75, 3.05) is 6.61 Å². The molecule has 1 aromatic rings. The number of rotatable bonds is 2. The third kappa shape index (κ3) is 1.26. The molecule has 0 aliphatic carbocycles. The van der Waals surface area contributed by atoms with Crippen LogP contribution in [-0.4, -0.2) is 16.8 Å². The lowest BCUT2D eigenvalue weighted by Crippen LogP contribution is -2.07. The van der Waals surface area contributed by atoms with E-state index in [0.717, 1.165) is 24.5 Å². The van der Waals surface area contributed by atoms with Crippen molar-refractivity contribution in [3.8, 4) is 5.75 Å². The highest BCUT2D eigenvalue weighted by Gasteiger charge is 2.12. The highest BCUT2D eigenvalue weighted by molar-refractivity contribution is 5.35. The van der Waals surface area contributed by atoms with E-state index in [1.807, 2.05) is 6.07 Å². The molecule has 1 aliphatic rings. The summed E-state index contributed by atoms with van der Waals surface area (Å²) in [6.45, 7) is 1.13. The van der Waals surface area contributed by atoms with Crippen molar-refractivity contribution >= 4 is 0 Å². The maximum absolute atomic E-state index is 8.45. The minimum Gasteiger partial charge on any atom is -0.491 e. The molecule has 0 unspecified atom stereocenters. The molecule has 0 radical (unpaired) electrons. The van der Waals surface area contributed by atoms with Gasteiger partial charge in [-0.3, -0.25) is 4.98 Å². The number of nitrogens with zero attached hydrogens (tertiary/aromatic N) is 1. The van der Waals surface area contributed by atoms with Gasteiger partial charge >= 0.3 is 0 Å². The first kappa shape index (κ1) is 7.52. The Morgan fingerprint density at radius 2 is 2.58 bits per heavy atom. The molecule has 0 saturated heterocycles. The van der Waals surface area contributed by atoms with Crippen LogP contribution in [0, 0.1) is 0 Å². The Kier molecular flexibility index (Phi) is 1.93. The summed E-state index contributed by atoms with van der Waals surface area (Å²) in [6, 6.07) is 1.95. The predicted molar refractivity (Wildman–Crippen MR) is 42.1 cm³/mol. The Balaban J connectivity index is 2.26. The lowest BCUT2D eigenvalue weighted by molar-refractivity contribution is 0.160. The van der Waals surface area contributed by atoms with Crippen LogP contribution in [0.4, 0.5) is 0 Å². The van der Waals surface area contributed by atoms with Crippen molar-refractivity contribution < 1.29 is 9.94 Å². The molecule has 0 fully saturated rings. The van der Waals surface area contributed by atoms with Crippen LogP contribution in [0.25, 0.3) is 0 Å². The van der Waals surface area contributed by atoms with Crippen LogP contribution in [0.1, 0.15) is 11.3 Å². The lowest BCUT2D eigenvalue weighted by atomic mass is 10.2. The smallest absolute Gasteiger partial charge is 0.140 e. The predicted octanol–water partition coefficient (Wildman–Crippen LogP) is 0.495. The number of hydrogen-bond acceptors (Lipinski definition) is 4. The fourth-order valence-corrected chi connectivity index (χ4v) is 1.31. The fourth-order valence-electron chi connectivity index (χ4n) is 1.31. The summed E-state index contributed by atoms with van der Waals surface area (Å²) in [7, 11) is 0. The molecule has 0 aromatic carbocycles. The van der Waals surface area contributed by atoms with Crippen LogP contribution in [-0.2, 0) is 13.0 Å². The third-order valence-corrected chi connectivity index (χ3v) is 1.89. The standard InChI is InChI=1S/C8H10N2O2/c11-10-4-7-3-6-1-2-12-8(6)5-9-7/h3,5,10-11H,1-2,4H2. The second-order valence-corrected chi connectivity index (χ2v) is 2.72. The Morgan fingerprint density at radius 3 is 3.42 bits per heavy atom. The van der Waals surface area contributed by atoms with E-state index in [0.29, 0.717) is 6.54 Å². The summed E-state index contributed by atoms with van der Waals surface area (Å²) in [5, 5.41) is 8.45. The zero-order valence-corrected chi connectivity index (χ0v) is 6.58. The molecule has 2 rings (SSSR count). The fraction of sp³-hybridized carbons (Fsp3) is 0.375. The maximum Gasteiger partial charge on any atom is 0.140 e. The summed E-state index contributed by atoms with van der Waals surface area (Å²) < 4.78 is 5.29. The van der Waals surface area contributed by atoms with Crippen LogP contribution < -0.4 is 10.2 Å². The molecule has 64 valence electrons. The second kappa shape index (κ2) is 3.08. The first-order valence-corrected chi connectivity index (χ1v) is 3.87. The molecule has 0 bridgehead atoms. The van der Waals surface area contributed by atoms with Gasteiger partial charge in [-0.25, -0.2) is 0 Å². The molecule has 4 nitrogen and oxygen atoms in total. The minimum absolute atomic E-state index is 0.382. The van der Waals surface area contributed by atoms with Gasteiger partial charge < -0.3 is 9.94 Å². The summed E-state index contributed by atoms with van der Waals surface area (Å²) in [5.74, 6) is 0.872. The SMILES string of the molecule is ONCc1cc2c(cn1)OCC2. The van der Waals surface area contributed by atoms with Crippen LogP contribution >= 0.6 is 0 Å². The van der Waals surface area contributed by atoms with Crippen LogP contribution in [0.15, 0.2) is 12.3 Å². The van der Waals surface area contributed by atoms with E-state index in [1.54, 1.807) is 6.20 Å². The number of fused-ring (bicyclic) bond motifs is 1. The van der Waals surface area contributed by atoms with E-state index in [4.69, 9.17) is 9.94 Å².